The number of carbonyl (C=O) groups excluding carboxylic acids is 4. The van der Waals surface area contributed by atoms with E-state index in [1.807, 2.05) is 0 Å². The minimum atomic E-state index is -4.95. The Labute approximate surface area is 556 Å². The van der Waals surface area contributed by atoms with Gasteiger partial charge in [-0.25, -0.2) is 9.13 Å². The first-order valence-electron chi connectivity index (χ1n) is 37.3. The number of hydrogen-bond acceptors (Lipinski definition) is 15. The summed E-state index contributed by atoms with van der Waals surface area (Å²) in [4.78, 5) is 72.6. The summed E-state index contributed by atoms with van der Waals surface area (Å²) >= 11 is 0. The fourth-order valence-electron chi connectivity index (χ4n) is 10.8. The van der Waals surface area contributed by atoms with E-state index in [-0.39, 0.29) is 25.7 Å². The first kappa shape index (κ1) is 89.1. The van der Waals surface area contributed by atoms with Crippen LogP contribution in [0.15, 0.2) is 0 Å². The zero-order valence-corrected chi connectivity index (χ0v) is 61.3. The molecule has 3 N–H and O–H groups in total. The normalized spacial score (nSPS) is 14.8. The van der Waals surface area contributed by atoms with Gasteiger partial charge in [0, 0.05) is 25.7 Å². The third-order valence-corrected chi connectivity index (χ3v) is 19.2. The molecule has 17 nitrogen and oxygen atoms in total. The zero-order chi connectivity index (χ0) is 67.5. The molecule has 0 aromatic rings. The van der Waals surface area contributed by atoms with E-state index in [0.717, 1.165) is 114 Å². The lowest BCUT2D eigenvalue weighted by Gasteiger charge is -2.21. The Balaban J connectivity index is 5.24. The minimum Gasteiger partial charge on any atom is -0.462 e. The lowest BCUT2D eigenvalue weighted by atomic mass is 9.99. The molecule has 0 aliphatic heterocycles. The molecule has 0 aromatic heterocycles. The number of unbranched alkanes of at least 4 members (excludes halogenated alkanes) is 33. The second kappa shape index (κ2) is 61.6. The Morgan fingerprint density at radius 3 is 0.780 bits per heavy atom. The number of phosphoric ester groups is 2. The van der Waals surface area contributed by atoms with E-state index in [4.69, 9.17) is 37.0 Å². The molecule has 91 heavy (non-hydrogen) atoms. The molecular formula is C72H140O17P2. The third-order valence-electron chi connectivity index (χ3n) is 17.3. The minimum absolute atomic E-state index is 0.102. The number of aliphatic hydroxyl groups is 1. The first-order valence-corrected chi connectivity index (χ1v) is 40.3. The standard InChI is InChI=1S/C72H140O17P2/c1-9-64(7)50-42-34-26-20-15-13-11-12-14-16-22-28-38-46-54-71(76)88-67(58-82-69(74)52-44-36-27-21-18-17-19-24-32-40-48-62(3)4)60-86-90(78,79)84-56-66(73)57-85-91(80,81)87-61-68(89-72(77)55-47-39-29-23-25-33-41-49-63(5)6)59-83-70(75)53-45-37-31-30-35-43-51-65(8)10-2/h62-68,73H,9-61H2,1-8H3,(H,78,79)(H,80,81)/t64?,65?,66-,67-,68-/m1/s1. The number of hydrogen-bond donors (Lipinski definition) is 3. The van der Waals surface area contributed by atoms with Gasteiger partial charge in [-0.15, -0.1) is 0 Å². The lowest BCUT2D eigenvalue weighted by molar-refractivity contribution is -0.161. The van der Waals surface area contributed by atoms with Crippen LogP contribution >= 0.6 is 15.6 Å². The molecule has 0 saturated carbocycles. The summed E-state index contributed by atoms with van der Waals surface area (Å²) in [6.45, 7) is 14.1. The first-order chi connectivity index (χ1) is 43.7. The van der Waals surface area contributed by atoms with Crippen molar-refractivity contribution in [3.63, 3.8) is 0 Å². The number of aliphatic hydroxyl groups excluding tert-OH is 1. The van der Waals surface area contributed by atoms with Gasteiger partial charge in [-0.3, -0.25) is 37.3 Å². The topological polar surface area (TPSA) is 237 Å². The highest BCUT2D eigenvalue weighted by molar-refractivity contribution is 7.47. The van der Waals surface area contributed by atoms with Crippen molar-refractivity contribution >= 4 is 39.5 Å². The van der Waals surface area contributed by atoms with Gasteiger partial charge in [0.2, 0.25) is 0 Å². The number of ether oxygens (including phenoxy) is 4. The summed E-state index contributed by atoms with van der Waals surface area (Å²) in [5.74, 6) is 0.901. The molecule has 540 valence electrons. The van der Waals surface area contributed by atoms with Gasteiger partial charge >= 0.3 is 39.5 Å². The molecule has 0 heterocycles. The van der Waals surface area contributed by atoms with Crippen molar-refractivity contribution in [3.05, 3.63) is 0 Å². The van der Waals surface area contributed by atoms with Crippen LogP contribution in [0.3, 0.4) is 0 Å². The maximum Gasteiger partial charge on any atom is 0.472 e. The summed E-state index contributed by atoms with van der Waals surface area (Å²) in [6.07, 6.45) is 44.5. The highest BCUT2D eigenvalue weighted by atomic mass is 31.2. The highest BCUT2D eigenvalue weighted by Gasteiger charge is 2.30. The van der Waals surface area contributed by atoms with Gasteiger partial charge in [0.25, 0.3) is 0 Å². The van der Waals surface area contributed by atoms with Crippen LogP contribution in [0.1, 0.15) is 357 Å². The molecule has 0 aliphatic carbocycles. The Morgan fingerprint density at radius 2 is 0.527 bits per heavy atom. The van der Waals surface area contributed by atoms with Crippen molar-refractivity contribution in [1.29, 1.82) is 0 Å². The van der Waals surface area contributed by atoms with Gasteiger partial charge in [-0.05, 0) is 49.4 Å². The lowest BCUT2D eigenvalue weighted by Crippen LogP contribution is -2.30. The molecular weight excluding hydrogens is 1200 g/mol. The third kappa shape index (κ3) is 63.9. The monoisotopic (exact) mass is 1340 g/mol. The second-order valence-electron chi connectivity index (χ2n) is 27.4. The molecule has 0 radical (unpaired) electrons. The fraction of sp³-hybridized carbons (Fsp3) is 0.944. The van der Waals surface area contributed by atoms with E-state index in [2.05, 4.69) is 55.4 Å². The SMILES string of the molecule is CCC(C)CCCCCCCCCCCCCCCCC(=O)O[C@H](COC(=O)CCCCCCCCCCCCC(C)C)COP(=O)(O)OC[C@@H](O)COP(=O)(O)OC[C@@H](COC(=O)CCCCCCCCC(C)CC)OC(=O)CCCCCCCCCC(C)C. The van der Waals surface area contributed by atoms with E-state index >= 15 is 0 Å². The summed E-state index contributed by atoms with van der Waals surface area (Å²) in [5.41, 5.74) is 0. The zero-order valence-electron chi connectivity index (χ0n) is 59.5. The summed E-state index contributed by atoms with van der Waals surface area (Å²) in [7, 11) is -9.91. The number of rotatable bonds is 69. The Kier molecular flexibility index (Phi) is 60.3. The fourth-order valence-corrected chi connectivity index (χ4v) is 12.4. The van der Waals surface area contributed by atoms with Crippen molar-refractivity contribution in [2.45, 2.75) is 375 Å². The Bertz CT molecular complexity index is 1800. The number of phosphoric acid groups is 2. The van der Waals surface area contributed by atoms with Gasteiger partial charge in [-0.1, -0.05) is 306 Å². The van der Waals surface area contributed by atoms with Crippen LogP contribution in [-0.2, 0) is 65.4 Å². The molecule has 19 heteroatoms. The van der Waals surface area contributed by atoms with Gasteiger partial charge < -0.3 is 33.8 Å². The van der Waals surface area contributed by atoms with Crippen LogP contribution in [-0.4, -0.2) is 96.7 Å². The summed E-state index contributed by atoms with van der Waals surface area (Å²) < 4.78 is 68.3. The van der Waals surface area contributed by atoms with Crippen LogP contribution in [0.25, 0.3) is 0 Å². The average molecular weight is 1340 g/mol. The van der Waals surface area contributed by atoms with E-state index in [1.54, 1.807) is 0 Å². The predicted octanol–water partition coefficient (Wildman–Crippen LogP) is 20.5. The molecule has 0 aliphatic rings. The molecule has 0 bridgehead atoms. The summed E-state index contributed by atoms with van der Waals surface area (Å²) in [6, 6.07) is 0. The number of carbonyl (C=O) groups is 4. The van der Waals surface area contributed by atoms with Crippen LogP contribution in [0, 0.1) is 23.7 Å². The van der Waals surface area contributed by atoms with Crippen molar-refractivity contribution in [2.24, 2.45) is 23.7 Å². The maximum atomic E-state index is 13.0. The quantitative estimate of drug-likeness (QED) is 0.0222. The van der Waals surface area contributed by atoms with Crippen molar-refractivity contribution in [1.82, 2.24) is 0 Å². The molecule has 0 rings (SSSR count). The van der Waals surface area contributed by atoms with Gasteiger partial charge in [0.15, 0.2) is 12.2 Å². The Hall–Kier alpha value is -1.94. The predicted molar refractivity (Wildman–Crippen MR) is 367 cm³/mol. The summed E-state index contributed by atoms with van der Waals surface area (Å²) in [5, 5.41) is 10.6. The molecule has 0 saturated heterocycles. The van der Waals surface area contributed by atoms with Crippen molar-refractivity contribution in [2.75, 3.05) is 39.6 Å². The molecule has 7 atom stereocenters. The van der Waals surface area contributed by atoms with E-state index < -0.39 is 97.5 Å². The molecule has 0 aromatic carbocycles. The molecule has 0 fully saturated rings. The molecule has 0 spiro atoms. The van der Waals surface area contributed by atoms with Crippen LogP contribution in [0.5, 0.6) is 0 Å². The van der Waals surface area contributed by atoms with E-state index in [0.29, 0.717) is 31.6 Å². The second-order valence-corrected chi connectivity index (χ2v) is 30.3. The van der Waals surface area contributed by atoms with Gasteiger partial charge in [-0.2, -0.15) is 0 Å². The van der Waals surface area contributed by atoms with E-state index in [9.17, 15) is 43.2 Å². The van der Waals surface area contributed by atoms with Crippen molar-refractivity contribution < 1.29 is 80.2 Å². The maximum absolute atomic E-state index is 13.0. The van der Waals surface area contributed by atoms with Crippen LogP contribution in [0.4, 0.5) is 0 Å². The largest absolute Gasteiger partial charge is 0.472 e. The van der Waals surface area contributed by atoms with Gasteiger partial charge in [0.1, 0.15) is 19.3 Å². The van der Waals surface area contributed by atoms with Crippen LogP contribution < -0.4 is 0 Å². The van der Waals surface area contributed by atoms with Crippen molar-refractivity contribution in [3.8, 4) is 0 Å². The van der Waals surface area contributed by atoms with Crippen LogP contribution in [0.2, 0.25) is 0 Å². The Morgan fingerprint density at radius 1 is 0.308 bits per heavy atom. The van der Waals surface area contributed by atoms with Gasteiger partial charge in [0.05, 0.1) is 26.4 Å². The molecule has 4 unspecified atom stereocenters. The molecule has 0 amide bonds. The smallest absolute Gasteiger partial charge is 0.462 e. The average Bonchev–Trinajstić information content (AvgIpc) is 3.71. The van der Waals surface area contributed by atoms with E-state index in [1.165, 1.54) is 154 Å². The number of esters is 4. The highest BCUT2D eigenvalue weighted by Crippen LogP contribution is 2.45.